The summed E-state index contributed by atoms with van der Waals surface area (Å²) < 4.78 is 5.57. The molecule has 0 radical (unpaired) electrons. The molecule has 4 aromatic rings. The van der Waals surface area contributed by atoms with Crippen molar-refractivity contribution in [1.29, 1.82) is 0 Å². The van der Waals surface area contributed by atoms with E-state index in [1.807, 2.05) is 0 Å². The number of hydrogen-bond donors (Lipinski definition) is 2. The Morgan fingerprint density at radius 2 is 1.74 bits per heavy atom. The number of benzene rings is 3. The van der Waals surface area contributed by atoms with Crippen molar-refractivity contribution >= 4 is 58.5 Å². The van der Waals surface area contributed by atoms with E-state index in [0.29, 0.717) is 27.7 Å². The molecule has 216 valence electrons. The van der Waals surface area contributed by atoms with E-state index in [-0.39, 0.29) is 23.5 Å². The number of nitrogens with zero attached hydrogens (tertiary/aromatic N) is 2. The number of nitro groups is 1. The number of nitrogens with one attached hydrogen (secondary N) is 2. The van der Waals surface area contributed by atoms with Gasteiger partial charge in [0.2, 0.25) is 11.8 Å². The molecule has 5 rings (SSSR count). The monoisotopic (exact) mass is 596 g/mol. The van der Waals surface area contributed by atoms with Gasteiger partial charge in [0.05, 0.1) is 15.9 Å². The minimum Gasteiger partial charge on any atom is -0.462 e. The molecule has 1 atom stereocenters. The lowest BCUT2D eigenvalue weighted by Gasteiger charge is -2.15. The van der Waals surface area contributed by atoms with Gasteiger partial charge in [0, 0.05) is 40.8 Å². The number of thioether (sulfide) groups is 1. The molecule has 1 aliphatic rings. The molecule has 1 saturated heterocycles. The number of imide groups is 1. The Kier molecular flexibility index (Phi) is 8.49. The van der Waals surface area contributed by atoms with Crippen LogP contribution in [-0.4, -0.2) is 33.8 Å². The third-order valence-electron chi connectivity index (χ3n) is 6.37. The lowest BCUT2D eigenvalue weighted by atomic mass is 10.2. The second-order valence-corrected chi connectivity index (χ2v) is 10.7. The zero-order chi connectivity index (χ0) is 30.5. The first kappa shape index (κ1) is 29.0. The largest absolute Gasteiger partial charge is 0.462 e. The summed E-state index contributed by atoms with van der Waals surface area (Å²) in [6.45, 7) is 1.76. The van der Waals surface area contributed by atoms with Gasteiger partial charge in [-0.25, -0.2) is 4.90 Å². The Labute approximate surface area is 249 Å². The number of aryl methyl sites for hydroxylation is 1. The molecule has 2 N–H and O–H groups in total. The van der Waals surface area contributed by atoms with Crippen LogP contribution in [0.1, 0.15) is 28.3 Å². The minimum absolute atomic E-state index is 0.0448. The molecule has 0 bridgehead atoms. The SMILES string of the molecule is Cc1ccc(/C=C(\NC(=O)c2ccccc2)C(=O)Nc2cccc(S[C@H]3CC(=O)N(c4ccc([N+](=O)[O-])cc4)C3=O)c2)o1. The van der Waals surface area contributed by atoms with Crippen LogP contribution < -0.4 is 15.5 Å². The van der Waals surface area contributed by atoms with Crippen LogP contribution in [0.3, 0.4) is 0 Å². The number of carbonyl (C=O) groups is 4. The van der Waals surface area contributed by atoms with E-state index < -0.39 is 33.8 Å². The lowest BCUT2D eigenvalue weighted by Crippen LogP contribution is -2.31. The van der Waals surface area contributed by atoms with Crippen LogP contribution in [-0.2, 0) is 14.4 Å². The van der Waals surface area contributed by atoms with Crippen LogP contribution >= 0.6 is 11.8 Å². The normalized spacial score (nSPS) is 15.0. The molecule has 0 unspecified atom stereocenters. The standard InChI is InChI=1S/C31H24N4O7S/c1-19-10-15-24(42-19)17-26(33-29(37)20-6-3-2-4-7-20)30(38)32-21-8-5-9-25(16-21)43-27-18-28(36)34(31(27)39)22-11-13-23(14-12-22)35(40)41/h2-17,27H,18H2,1H3,(H,32,38)(H,33,37)/b26-17-/t27-/m0/s1. The number of rotatable bonds is 9. The van der Waals surface area contributed by atoms with Gasteiger partial charge in [-0.2, -0.15) is 0 Å². The van der Waals surface area contributed by atoms with Gasteiger partial charge in [0.1, 0.15) is 17.2 Å². The van der Waals surface area contributed by atoms with Crippen LogP contribution in [0.5, 0.6) is 0 Å². The molecule has 1 aromatic heterocycles. The topological polar surface area (TPSA) is 152 Å². The molecule has 2 heterocycles. The van der Waals surface area contributed by atoms with E-state index in [9.17, 15) is 29.3 Å². The summed E-state index contributed by atoms with van der Waals surface area (Å²) in [7, 11) is 0. The van der Waals surface area contributed by atoms with Gasteiger partial charge in [-0.3, -0.25) is 29.3 Å². The first-order chi connectivity index (χ1) is 20.7. The summed E-state index contributed by atoms with van der Waals surface area (Å²) in [5, 5.41) is 15.6. The summed E-state index contributed by atoms with van der Waals surface area (Å²) in [4.78, 5) is 64.0. The van der Waals surface area contributed by atoms with E-state index in [1.165, 1.54) is 30.3 Å². The summed E-state index contributed by atoms with van der Waals surface area (Å²) in [5.74, 6) is -0.924. The zero-order valence-electron chi connectivity index (χ0n) is 22.7. The van der Waals surface area contributed by atoms with E-state index >= 15 is 0 Å². The highest BCUT2D eigenvalue weighted by Crippen LogP contribution is 2.35. The average Bonchev–Trinajstić information content (AvgIpc) is 3.53. The van der Waals surface area contributed by atoms with E-state index in [0.717, 1.165) is 16.7 Å². The van der Waals surface area contributed by atoms with Crippen LogP contribution in [0.2, 0.25) is 0 Å². The van der Waals surface area contributed by atoms with Crippen molar-refractivity contribution in [2.24, 2.45) is 0 Å². The van der Waals surface area contributed by atoms with Gasteiger partial charge in [-0.15, -0.1) is 11.8 Å². The predicted molar refractivity (Wildman–Crippen MR) is 160 cm³/mol. The van der Waals surface area contributed by atoms with Crippen molar-refractivity contribution in [3.8, 4) is 0 Å². The summed E-state index contributed by atoms with van der Waals surface area (Å²) in [6, 6.07) is 23.8. The number of anilines is 2. The smallest absolute Gasteiger partial charge is 0.272 e. The van der Waals surface area contributed by atoms with Crippen molar-refractivity contribution in [3.05, 3.63) is 124 Å². The maximum atomic E-state index is 13.3. The molecule has 4 amide bonds. The number of hydrogen-bond acceptors (Lipinski definition) is 8. The quantitative estimate of drug-likeness (QED) is 0.114. The number of amides is 4. The van der Waals surface area contributed by atoms with E-state index in [2.05, 4.69) is 10.6 Å². The molecule has 11 nitrogen and oxygen atoms in total. The Bertz CT molecular complexity index is 1750. The molecular formula is C31H24N4O7S. The summed E-state index contributed by atoms with van der Waals surface area (Å²) in [6.07, 6.45) is 1.37. The highest BCUT2D eigenvalue weighted by atomic mass is 32.2. The molecule has 1 fully saturated rings. The van der Waals surface area contributed by atoms with Crippen LogP contribution in [0.4, 0.5) is 17.1 Å². The second-order valence-electron chi connectivity index (χ2n) is 9.46. The number of nitro benzene ring substituents is 1. The fourth-order valence-corrected chi connectivity index (χ4v) is 5.43. The fraction of sp³-hybridized carbons (Fsp3) is 0.0968. The Balaban J connectivity index is 1.30. The highest BCUT2D eigenvalue weighted by molar-refractivity contribution is 8.00. The molecule has 43 heavy (non-hydrogen) atoms. The molecule has 0 aliphatic carbocycles. The van der Waals surface area contributed by atoms with Crippen molar-refractivity contribution in [1.82, 2.24) is 5.32 Å². The van der Waals surface area contributed by atoms with Gasteiger partial charge in [0.25, 0.3) is 17.5 Å². The minimum atomic E-state index is -0.726. The maximum absolute atomic E-state index is 13.3. The summed E-state index contributed by atoms with van der Waals surface area (Å²) >= 11 is 1.16. The van der Waals surface area contributed by atoms with Crippen LogP contribution in [0, 0.1) is 17.0 Å². The van der Waals surface area contributed by atoms with Gasteiger partial charge >= 0.3 is 0 Å². The zero-order valence-corrected chi connectivity index (χ0v) is 23.5. The number of furan rings is 1. The molecular weight excluding hydrogens is 572 g/mol. The van der Waals surface area contributed by atoms with Crippen LogP contribution in [0.25, 0.3) is 6.08 Å². The van der Waals surface area contributed by atoms with Gasteiger partial charge < -0.3 is 15.1 Å². The Morgan fingerprint density at radius 1 is 1.00 bits per heavy atom. The fourth-order valence-electron chi connectivity index (χ4n) is 4.32. The number of carbonyl (C=O) groups excluding carboxylic acids is 4. The molecule has 0 saturated carbocycles. The number of non-ortho nitro benzene ring substituents is 1. The van der Waals surface area contributed by atoms with Crippen LogP contribution in [0.15, 0.2) is 106 Å². The first-order valence-corrected chi connectivity index (χ1v) is 13.9. The van der Waals surface area contributed by atoms with E-state index in [4.69, 9.17) is 4.42 Å². The molecule has 0 spiro atoms. The third kappa shape index (κ3) is 6.88. The van der Waals surface area contributed by atoms with Crippen molar-refractivity contribution in [2.75, 3.05) is 10.2 Å². The second kappa shape index (κ2) is 12.6. The first-order valence-electron chi connectivity index (χ1n) is 13.0. The predicted octanol–water partition coefficient (Wildman–Crippen LogP) is 5.33. The van der Waals surface area contributed by atoms with Crippen molar-refractivity contribution in [3.63, 3.8) is 0 Å². The van der Waals surface area contributed by atoms with Gasteiger partial charge in [-0.1, -0.05) is 24.3 Å². The average molecular weight is 597 g/mol. The molecule has 12 heteroatoms. The van der Waals surface area contributed by atoms with Crippen molar-refractivity contribution < 1.29 is 28.5 Å². The molecule has 3 aromatic carbocycles. The van der Waals surface area contributed by atoms with Gasteiger partial charge in [-0.05, 0) is 61.5 Å². The third-order valence-corrected chi connectivity index (χ3v) is 7.55. The Morgan fingerprint density at radius 3 is 2.42 bits per heavy atom. The van der Waals surface area contributed by atoms with E-state index in [1.54, 1.807) is 73.7 Å². The maximum Gasteiger partial charge on any atom is 0.272 e. The highest BCUT2D eigenvalue weighted by Gasteiger charge is 2.40. The van der Waals surface area contributed by atoms with Gasteiger partial charge in [0.15, 0.2) is 0 Å². The molecule has 1 aliphatic heterocycles. The summed E-state index contributed by atoms with van der Waals surface area (Å²) in [5.41, 5.74) is 0.831. The van der Waals surface area contributed by atoms with Crippen molar-refractivity contribution in [2.45, 2.75) is 23.5 Å². The Hall–Kier alpha value is -5.49. The lowest BCUT2D eigenvalue weighted by molar-refractivity contribution is -0.384.